The van der Waals surface area contributed by atoms with Gasteiger partial charge in [-0.25, -0.2) is 9.78 Å². The Hall–Kier alpha value is -1.32. The van der Waals surface area contributed by atoms with E-state index in [4.69, 9.17) is 5.73 Å². The predicted octanol–water partition coefficient (Wildman–Crippen LogP) is 0.427. The number of primary amides is 1. The molecule has 0 atom stereocenters. The molecule has 4 heteroatoms. The molecule has 54 valence electrons. The maximum atomic E-state index is 10.6. The summed E-state index contributed by atoms with van der Waals surface area (Å²) in [7, 11) is 0. The van der Waals surface area contributed by atoms with Gasteiger partial charge in [0.25, 0.3) is 0 Å². The molecule has 4 nitrogen and oxygen atoms in total. The molecule has 2 N–H and O–H groups in total. The number of hydrogen-bond donors (Lipinski definition) is 1. The number of carbonyl (C=O) groups is 1. The maximum Gasteiger partial charge on any atom is 0.324 e. The molecule has 0 aliphatic carbocycles. The Labute approximate surface area is 58.7 Å². The van der Waals surface area contributed by atoms with E-state index >= 15 is 0 Å². The minimum Gasteiger partial charge on any atom is -0.351 e. The minimum atomic E-state index is -0.488. The Morgan fingerprint density at radius 2 is 2.30 bits per heavy atom. The second-order valence-electron chi connectivity index (χ2n) is 2.14. The van der Waals surface area contributed by atoms with Gasteiger partial charge in [0.15, 0.2) is 0 Å². The van der Waals surface area contributed by atoms with Crippen molar-refractivity contribution in [1.82, 2.24) is 9.55 Å². The van der Waals surface area contributed by atoms with E-state index < -0.39 is 6.03 Å². The highest BCUT2D eigenvalue weighted by molar-refractivity contribution is 5.75. The Morgan fingerprint density at radius 1 is 1.70 bits per heavy atom. The van der Waals surface area contributed by atoms with Crippen LogP contribution in [-0.4, -0.2) is 15.6 Å². The van der Waals surface area contributed by atoms with Crippen LogP contribution in [0.3, 0.4) is 0 Å². The van der Waals surface area contributed by atoms with E-state index in [1.54, 1.807) is 13.1 Å². The Kier molecular flexibility index (Phi) is 1.45. The van der Waals surface area contributed by atoms with Gasteiger partial charge < -0.3 is 5.73 Å². The molecule has 1 rings (SSSR count). The SMILES string of the molecule is Cc1cn(C(N)=O)c(C)n1. The zero-order chi connectivity index (χ0) is 7.72. The number of nitrogens with two attached hydrogens (primary N) is 1. The Balaban J connectivity index is 3.15. The lowest BCUT2D eigenvalue weighted by molar-refractivity contribution is 0.250. The highest BCUT2D eigenvalue weighted by Crippen LogP contribution is 1.98. The van der Waals surface area contributed by atoms with E-state index in [-0.39, 0.29) is 0 Å². The summed E-state index contributed by atoms with van der Waals surface area (Å²) in [5, 5.41) is 0. The molecule has 0 unspecified atom stereocenters. The van der Waals surface area contributed by atoms with Crippen molar-refractivity contribution in [2.45, 2.75) is 13.8 Å². The molecule has 1 heterocycles. The molecule has 1 amide bonds. The monoisotopic (exact) mass is 139 g/mol. The molecule has 0 radical (unpaired) electrons. The fourth-order valence-electron chi connectivity index (χ4n) is 0.841. The van der Waals surface area contributed by atoms with Crippen molar-refractivity contribution in [3.05, 3.63) is 17.7 Å². The topological polar surface area (TPSA) is 60.9 Å². The summed E-state index contributed by atoms with van der Waals surface area (Å²) in [6.45, 7) is 3.55. The zero-order valence-electron chi connectivity index (χ0n) is 5.96. The molecular weight excluding hydrogens is 130 g/mol. The van der Waals surface area contributed by atoms with Crippen molar-refractivity contribution in [3.63, 3.8) is 0 Å². The van der Waals surface area contributed by atoms with Crippen molar-refractivity contribution < 1.29 is 4.79 Å². The van der Waals surface area contributed by atoms with Gasteiger partial charge >= 0.3 is 6.03 Å². The summed E-state index contributed by atoms with van der Waals surface area (Å²) in [6.07, 6.45) is 1.61. The van der Waals surface area contributed by atoms with Crippen LogP contribution in [0.5, 0.6) is 0 Å². The van der Waals surface area contributed by atoms with Crippen LogP contribution in [0.2, 0.25) is 0 Å². The molecule has 0 bridgehead atoms. The van der Waals surface area contributed by atoms with Gasteiger partial charge in [0.05, 0.1) is 5.69 Å². The maximum absolute atomic E-state index is 10.6. The van der Waals surface area contributed by atoms with Crippen LogP contribution >= 0.6 is 0 Å². The van der Waals surface area contributed by atoms with E-state index in [0.29, 0.717) is 5.82 Å². The van der Waals surface area contributed by atoms with E-state index in [1.165, 1.54) is 4.57 Å². The minimum absolute atomic E-state index is 0.488. The first-order valence-electron chi connectivity index (χ1n) is 2.93. The summed E-state index contributed by atoms with van der Waals surface area (Å²) >= 11 is 0. The highest BCUT2D eigenvalue weighted by atomic mass is 16.2. The molecular formula is C6H9N3O. The lowest BCUT2D eigenvalue weighted by atomic mass is 10.6. The molecule has 0 saturated carbocycles. The largest absolute Gasteiger partial charge is 0.351 e. The average molecular weight is 139 g/mol. The van der Waals surface area contributed by atoms with Crippen LogP contribution in [0.1, 0.15) is 11.5 Å². The van der Waals surface area contributed by atoms with E-state index in [9.17, 15) is 4.79 Å². The lowest BCUT2D eigenvalue weighted by Gasteiger charge is -1.93. The predicted molar refractivity (Wildman–Crippen MR) is 36.7 cm³/mol. The summed E-state index contributed by atoms with van der Waals surface area (Å²) in [4.78, 5) is 14.6. The van der Waals surface area contributed by atoms with E-state index in [1.807, 2.05) is 6.92 Å². The Bertz CT molecular complexity index is 264. The van der Waals surface area contributed by atoms with Crippen molar-refractivity contribution in [2.24, 2.45) is 5.73 Å². The van der Waals surface area contributed by atoms with Crippen LogP contribution in [0.25, 0.3) is 0 Å². The molecule has 0 spiro atoms. The highest BCUT2D eigenvalue weighted by Gasteiger charge is 2.03. The number of imidazole rings is 1. The number of carbonyl (C=O) groups excluding carboxylic acids is 1. The summed E-state index contributed by atoms with van der Waals surface area (Å²) in [6, 6.07) is -0.488. The molecule has 10 heavy (non-hydrogen) atoms. The quantitative estimate of drug-likeness (QED) is 0.566. The number of amides is 1. The summed E-state index contributed by atoms with van der Waals surface area (Å²) in [5.41, 5.74) is 5.81. The normalized spacial score (nSPS) is 9.80. The first kappa shape index (κ1) is 6.80. The van der Waals surface area contributed by atoms with Gasteiger partial charge in [-0.15, -0.1) is 0 Å². The van der Waals surface area contributed by atoms with Gasteiger partial charge in [-0.1, -0.05) is 0 Å². The van der Waals surface area contributed by atoms with Crippen molar-refractivity contribution in [3.8, 4) is 0 Å². The first-order chi connectivity index (χ1) is 4.61. The molecule has 0 fully saturated rings. The van der Waals surface area contributed by atoms with Gasteiger partial charge in [0.2, 0.25) is 0 Å². The van der Waals surface area contributed by atoms with Crippen molar-refractivity contribution >= 4 is 6.03 Å². The van der Waals surface area contributed by atoms with E-state index in [2.05, 4.69) is 4.98 Å². The fourth-order valence-corrected chi connectivity index (χ4v) is 0.841. The van der Waals surface area contributed by atoms with Crippen LogP contribution in [0, 0.1) is 13.8 Å². The second-order valence-corrected chi connectivity index (χ2v) is 2.14. The summed E-state index contributed by atoms with van der Waals surface area (Å²) < 4.78 is 1.31. The van der Waals surface area contributed by atoms with Crippen molar-refractivity contribution in [2.75, 3.05) is 0 Å². The average Bonchev–Trinajstić information content (AvgIpc) is 2.10. The van der Waals surface area contributed by atoms with Crippen molar-refractivity contribution in [1.29, 1.82) is 0 Å². The molecule has 0 aliphatic heterocycles. The van der Waals surface area contributed by atoms with Crippen LogP contribution in [0.15, 0.2) is 6.20 Å². The lowest BCUT2D eigenvalue weighted by Crippen LogP contribution is -2.19. The molecule has 1 aromatic rings. The van der Waals surface area contributed by atoms with E-state index in [0.717, 1.165) is 5.69 Å². The number of rotatable bonds is 0. The third-order valence-corrected chi connectivity index (χ3v) is 1.24. The fraction of sp³-hybridized carbons (Fsp3) is 0.333. The third-order valence-electron chi connectivity index (χ3n) is 1.24. The van der Waals surface area contributed by atoms with Gasteiger partial charge in [-0.3, -0.25) is 4.57 Å². The molecule has 0 aromatic carbocycles. The molecule has 1 aromatic heterocycles. The van der Waals surface area contributed by atoms with Gasteiger partial charge in [0, 0.05) is 6.20 Å². The summed E-state index contributed by atoms with van der Waals surface area (Å²) in [5.74, 6) is 0.630. The third kappa shape index (κ3) is 1.00. The molecule has 0 saturated heterocycles. The number of aromatic nitrogens is 2. The van der Waals surface area contributed by atoms with Gasteiger partial charge in [0.1, 0.15) is 5.82 Å². The van der Waals surface area contributed by atoms with Crippen LogP contribution in [0.4, 0.5) is 4.79 Å². The number of aryl methyl sites for hydroxylation is 2. The molecule has 0 aliphatic rings. The van der Waals surface area contributed by atoms with Gasteiger partial charge in [-0.05, 0) is 13.8 Å². The number of hydrogen-bond acceptors (Lipinski definition) is 2. The first-order valence-corrected chi connectivity index (χ1v) is 2.93. The zero-order valence-corrected chi connectivity index (χ0v) is 5.96. The Morgan fingerprint density at radius 3 is 2.50 bits per heavy atom. The number of nitrogens with zero attached hydrogens (tertiary/aromatic N) is 2. The standard InChI is InChI=1S/C6H9N3O/c1-4-3-9(6(7)10)5(2)8-4/h3H,1-2H3,(H2,7,10). The van der Waals surface area contributed by atoms with Gasteiger partial charge in [-0.2, -0.15) is 0 Å². The second kappa shape index (κ2) is 2.13. The van der Waals surface area contributed by atoms with Crippen LogP contribution < -0.4 is 5.73 Å². The van der Waals surface area contributed by atoms with Crippen LogP contribution in [-0.2, 0) is 0 Å². The smallest absolute Gasteiger partial charge is 0.324 e.